The average molecular weight is 335 g/mol. The summed E-state index contributed by atoms with van der Waals surface area (Å²) in [4.78, 5) is 17.5. The first kappa shape index (κ1) is 12.7. The van der Waals surface area contributed by atoms with Gasteiger partial charge in [-0.3, -0.25) is 9.78 Å². The highest BCUT2D eigenvalue weighted by atomic mass is 79.9. The predicted octanol–water partition coefficient (Wildman–Crippen LogP) is 3.50. The van der Waals surface area contributed by atoms with Crippen LogP contribution < -0.4 is 5.32 Å². The van der Waals surface area contributed by atoms with Crippen LogP contribution in [0.25, 0.3) is 0 Å². The first-order chi connectivity index (χ1) is 9.22. The molecule has 0 saturated heterocycles. The van der Waals surface area contributed by atoms with Crippen molar-refractivity contribution in [2.24, 2.45) is 0 Å². The molecule has 1 N–H and O–H groups in total. The van der Waals surface area contributed by atoms with E-state index in [0.29, 0.717) is 0 Å². The fourth-order valence-electron chi connectivity index (χ4n) is 2.03. The quantitative estimate of drug-likeness (QED) is 0.913. The molecule has 1 atom stereocenters. The molecular formula is C14H11BrN2OS. The molecule has 96 valence electrons. The molecule has 3 rings (SSSR count). The maximum atomic E-state index is 12.2. The minimum absolute atomic E-state index is 0.0288. The Morgan fingerprint density at radius 2 is 2.21 bits per heavy atom. The molecule has 19 heavy (non-hydrogen) atoms. The Bertz CT molecular complexity index is 607. The third-order valence-electron chi connectivity index (χ3n) is 2.91. The van der Waals surface area contributed by atoms with Crippen LogP contribution in [-0.4, -0.2) is 16.1 Å². The Morgan fingerprint density at radius 1 is 1.37 bits per heavy atom. The highest BCUT2D eigenvalue weighted by molar-refractivity contribution is 9.10. The topological polar surface area (TPSA) is 42.0 Å². The lowest BCUT2D eigenvalue weighted by atomic mass is 10.1. The van der Waals surface area contributed by atoms with E-state index >= 15 is 0 Å². The standard InChI is InChI=1S/C14H11BrN2OS/c15-10-6-11(8-16-7-10)17-14(18)13-5-9-3-1-2-4-12(9)19-13/h1-4,6-8,13H,5H2,(H,17,18). The highest BCUT2D eigenvalue weighted by Crippen LogP contribution is 2.37. The maximum absolute atomic E-state index is 12.2. The zero-order valence-electron chi connectivity index (χ0n) is 9.97. The van der Waals surface area contributed by atoms with Crippen LogP contribution in [0.15, 0.2) is 52.1 Å². The molecule has 1 unspecified atom stereocenters. The van der Waals surface area contributed by atoms with Crippen molar-refractivity contribution < 1.29 is 4.79 Å². The van der Waals surface area contributed by atoms with Gasteiger partial charge in [0.15, 0.2) is 0 Å². The summed E-state index contributed by atoms with van der Waals surface area (Å²) < 4.78 is 0.854. The van der Waals surface area contributed by atoms with Crippen molar-refractivity contribution in [3.8, 4) is 0 Å². The van der Waals surface area contributed by atoms with Gasteiger partial charge in [-0.2, -0.15) is 0 Å². The summed E-state index contributed by atoms with van der Waals surface area (Å²) in [5, 5.41) is 2.85. The molecule has 0 fully saturated rings. The molecule has 0 saturated carbocycles. The number of carbonyl (C=O) groups is 1. The summed E-state index contributed by atoms with van der Waals surface area (Å²) in [5.41, 5.74) is 1.97. The summed E-state index contributed by atoms with van der Waals surface area (Å²) in [5.74, 6) is 0.0288. The lowest BCUT2D eigenvalue weighted by molar-refractivity contribution is -0.115. The van der Waals surface area contributed by atoms with Crippen molar-refractivity contribution in [1.29, 1.82) is 0 Å². The largest absolute Gasteiger partial charge is 0.324 e. The monoisotopic (exact) mass is 334 g/mol. The van der Waals surface area contributed by atoms with Gasteiger partial charge in [0, 0.05) is 15.6 Å². The molecule has 0 radical (unpaired) electrons. The number of fused-ring (bicyclic) bond motifs is 1. The van der Waals surface area contributed by atoms with E-state index < -0.39 is 0 Å². The van der Waals surface area contributed by atoms with Gasteiger partial charge in [-0.1, -0.05) is 18.2 Å². The van der Waals surface area contributed by atoms with Crippen LogP contribution in [0.4, 0.5) is 5.69 Å². The van der Waals surface area contributed by atoms with Crippen molar-refractivity contribution >= 4 is 39.3 Å². The summed E-state index contributed by atoms with van der Waals surface area (Å²) in [6.45, 7) is 0. The first-order valence-corrected chi connectivity index (χ1v) is 7.55. The Kier molecular flexibility index (Phi) is 3.57. The molecule has 1 aliphatic heterocycles. The molecule has 2 heterocycles. The van der Waals surface area contributed by atoms with E-state index in [4.69, 9.17) is 0 Å². The van der Waals surface area contributed by atoms with Crippen molar-refractivity contribution in [3.63, 3.8) is 0 Å². The number of nitrogens with zero attached hydrogens (tertiary/aromatic N) is 1. The van der Waals surface area contributed by atoms with Crippen molar-refractivity contribution in [1.82, 2.24) is 4.98 Å². The third-order valence-corrected chi connectivity index (χ3v) is 4.66. The summed E-state index contributed by atoms with van der Waals surface area (Å²) in [6.07, 6.45) is 4.12. The van der Waals surface area contributed by atoms with Crippen LogP contribution in [-0.2, 0) is 11.2 Å². The number of thioether (sulfide) groups is 1. The number of pyridine rings is 1. The molecule has 0 bridgehead atoms. The van der Waals surface area contributed by atoms with Gasteiger partial charge in [-0.05, 0) is 40.0 Å². The smallest absolute Gasteiger partial charge is 0.238 e. The van der Waals surface area contributed by atoms with Gasteiger partial charge >= 0.3 is 0 Å². The molecule has 1 amide bonds. The van der Waals surface area contributed by atoms with Crippen LogP contribution >= 0.6 is 27.7 Å². The van der Waals surface area contributed by atoms with Crippen molar-refractivity contribution in [2.75, 3.05) is 5.32 Å². The number of amides is 1. The average Bonchev–Trinajstić information content (AvgIpc) is 2.82. The number of halogens is 1. The zero-order chi connectivity index (χ0) is 13.2. The molecule has 0 spiro atoms. The second-order valence-corrected chi connectivity index (χ2v) is 6.46. The molecular weight excluding hydrogens is 324 g/mol. The Morgan fingerprint density at radius 3 is 3.00 bits per heavy atom. The number of hydrogen-bond acceptors (Lipinski definition) is 3. The zero-order valence-corrected chi connectivity index (χ0v) is 12.4. The minimum Gasteiger partial charge on any atom is -0.324 e. The minimum atomic E-state index is -0.0589. The van der Waals surface area contributed by atoms with Crippen molar-refractivity contribution in [3.05, 3.63) is 52.8 Å². The van der Waals surface area contributed by atoms with Crippen LogP contribution in [0.3, 0.4) is 0 Å². The van der Waals surface area contributed by atoms with E-state index in [9.17, 15) is 4.79 Å². The van der Waals surface area contributed by atoms with Crippen LogP contribution in [0.2, 0.25) is 0 Å². The highest BCUT2D eigenvalue weighted by Gasteiger charge is 2.27. The second-order valence-electron chi connectivity index (χ2n) is 4.30. The summed E-state index contributed by atoms with van der Waals surface area (Å²) in [7, 11) is 0. The fourth-order valence-corrected chi connectivity index (χ4v) is 3.59. The maximum Gasteiger partial charge on any atom is 0.238 e. The molecule has 3 nitrogen and oxygen atoms in total. The first-order valence-electron chi connectivity index (χ1n) is 5.88. The molecule has 0 aliphatic carbocycles. The molecule has 1 aliphatic rings. The number of carbonyl (C=O) groups excluding carboxylic acids is 1. The summed E-state index contributed by atoms with van der Waals surface area (Å²) >= 11 is 4.96. The number of anilines is 1. The van der Waals surface area contributed by atoms with Crippen molar-refractivity contribution in [2.45, 2.75) is 16.6 Å². The molecule has 1 aromatic carbocycles. The Hall–Kier alpha value is -1.33. The van der Waals surface area contributed by atoms with Gasteiger partial charge in [0.1, 0.15) is 0 Å². The van der Waals surface area contributed by atoms with E-state index in [2.05, 4.69) is 38.4 Å². The van der Waals surface area contributed by atoms with Gasteiger partial charge in [0.2, 0.25) is 5.91 Å². The number of hydrogen-bond donors (Lipinski definition) is 1. The van der Waals surface area contributed by atoms with Gasteiger partial charge < -0.3 is 5.32 Å². The SMILES string of the molecule is O=C(Nc1cncc(Br)c1)C1Cc2ccccc2S1. The van der Waals surface area contributed by atoms with Crippen LogP contribution in [0.1, 0.15) is 5.56 Å². The lowest BCUT2D eigenvalue weighted by Gasteiger charge is -2.09. The number of aromatic nitrogens is 1. The Labute approximate surface area is 123 Å². The Balaban J connectivity index is 1.70. The normalized spacial score (nSPS) is 17.0. The second kappa shape index (κ2) is 5.35. The van der Waals surface area contributed by atoms with E-state index in [1.165, 1.54) is 10.5 Å². The number of nitrogens with one attached hydrogen (secondary N) is 1. The van der Waals surface area contributed by atoms with Gasteiger partial charge in [-0.25, -0.2) is 0 Å². The lowest BCUT2D eigenvalue weighted by Crippen LogP contribution is -2.24. The number of benzene rings is 1. The molecule has 5 heteroatoms. The van der Waals surface area contributed by atoms with Gasteiger partial charge in [-0.15, -0.1) is 11.8 Å². The molecule has 2 aromatic rings. The van der Waals surface area contributed by atoms with E-state index in [1.807, 2.05) is 18.2 Å². The molecule has 1 aromatic heterocycles. The summed E-state index contributed by atoms with van der Waals surface area (Å²) in [6, 6.07) is 10.0. The number of rotatable bonds is 2. The van der Waals surface area contributed by atoms with Crippen LogP contribution in [0, 0.1) is 0 Å². The van der Waals surface area contributed by atoms with E-state index in [0.717, 1.165) is 16.6 Å². The predicted molar refractivity (Wildman–Crippen MR) is 80.4 cm³/mol. The van der Waals surface area contributed by atoms with E-state index in [1.54, 1.807) is 24.2 Å². The van der Waals surface area contributed by atoms with E-state index in [-0.39, 0.29) is 11.2 Å². The van der Waals surface area contributed by atoms with Gasteiger partial charge in [0.05, 0.1) is 17.1 Å². The third kappa shape index (κ3) is 2.82. The van der Waals surface area contributed by atoms with Crippen LogP contribution in [0.5, 0.6) is 0 Å². The van der Waals surface area contributed by atoms with Gasteiger partial charge in [0.25, 0.3) is 0 Å². The fraction of sp³-hybridized carbons (Fsp3) is 0.143.